The van der Waals surface area contributed by atoms with Crippen LogP contribution in [0.5, 0.6) is 0 Å². The highest BCUT2D eigenvalue weighted by molar-refractivity contribution is 6.07. The van der Waals surface area contributed by atoms with Gasteiger partial charge in [0.25, 0.3) is 5.91 Å². The van der Waals surface area contributed by atoms with Crippen LogP contribution in [0.15, 0.2) is 24.4 Å². The number of carbonyl (C=O) groups is 3. The minimum Gasteiger partial charge on any atom is -0.481 e. The summed E-state index contributed by atoms with van der Waals surface area (Å²) in [5.41, 5.74) is 1.18. The minimum absolute atomic E-state index is 0.316. The molecule has 0 radical (unpaired) electrons. The number of nitrogens with zero attached hydrogens (tertiary/aromatic N) is 2. The highest BCUT2D eigenvalue weighted by atomic mass is 16.4. The average Bonchev–Trinajstić information content (AvgIpc) is 3.29. The van der Waals surface area contributed by atoms with Crippen molar-refractivity contribution in [3.63, 3.8) is 0 Å². The third kappa shape index (κ3) is 4.75. The maximum Gasteiger partial charge on any atom is 0.308 e. The van der Waals surface area contributed by atoms with Crippen LogP contribution in [-0.2, 0) is 16.6 Å². The molecule has 1 aromatic carbocycles. The molecule has 3 rings (SSSR count). The summed E-state index contributed by atoms with van der Waals surface area (Å²) in [5.74, 6) is -2.10. The monoisotopic (exact) mass is 400 g/mol. The summed E-state index contributed by atoms with van der Waals surface area (Å²) in [7, 11) is 1.79. The molecule has 0 spiro atoms. The van der Waals surface area contributed by atoms with Gasteiger partial charge in [0.1, 0.15) is 6.04 Å². The average molecular weight is 400 g/mol. The van der Waals surface area contributed by atoms with E-state index in [-0.39, 0.29) is 17.9 Å². The molecule has 2 aromatic rings. The molecule has 3 atom stereocenters. The quantitative estimate of drug-likeness (QED) is 0.629. The molecule has 0 saturated heterocycles. The number of unbranched alkanes of at least 4 members (excludes halogenated alkanes) is 1. The number of amides is 2. The smallest absolute Gasteiger partial charge is 0.308 e. The normalized spacial score (nSPS) is 19.8. The molecule has 0 bridgehead atoms. The first-order valence-corrected chi connectivity index (χ1v) is 10.2. The van der Waals surface area contributed by atoms with Gasteiger partial charge >= 0.3 is 5.97 Å². The van der Waals surface area contributed by atoms with Crippen molar-refractivity contribution in [1.82, 2.24) is 20.4 Å². The zero-order valence-electron chi connectivity index (χ0n) is 16.9. The third-order valence-corrected chi connectivity index (χ3v) is 5.54. The predicted molar refractivity (Wildman–Crippen MR) is 108 cm³/mol. The van der Waals surface area contributed by atoms with E-state index in [0.717, 1.165) is 24.6 Å². The Kier molecular flexibility index (Phi) is 6.51. The number of nitrogens with one attached hydrogen (secondary N) is 2. The van der Waals surface area contributed by atoms with E-state index in [1.165, 1.54) is 0 Å². The van der Waals surface area contributed by atoms with Crippen LogP contribution in [0.1, 0.15) is 55.8 Å². The first kappa shape index (κ1) is 20.8. The number of carboxylic acid groups (broad SMARTS) is 1. The van der Waals surface area contributed by atoms with Crippen molar-refractivity contribution in [3.05, 3.63) is 30.0 Å². The molecule has 1 aliphatic carbocycles. The molecule has 8 heteroatoms. The molecule has 2 amide bonds. The molecule has 3 N–H and O–H groups in total. The summed E-state index contributed by atoms with van der Waals surface area (Å²) in [6.45, 7) is 2.02. The van der Waals surface area contributed by atoms with Crippen LogP contribution < -0.4 is 10.6 Å². The van der Waals surface area contributed by atoms with Gasteiger partial charge in [-0.15, -0.1) is 0 Å². The van der Waals surface area contributed by atoms with E-state index < -0.39 is 17.9 Å². The molecule has 1 heterocycles. The molecule has 1 aromatic heterocycles. The molecule has 0 aliphatic heterocycles. The minimum atomic E-state index is -0.884. The molecular weight excluding hydrogens is 372 g/mol. The fourth-order valence-electron chi connectivity index (χ4n) is 3.98. The number of benzene rings is 1. The Bertz CT molecular complexity index is 907. The number of aromatic nitrogens is 2. The lowest BCUT2D eigenvalue weighted by molar-refractivity contribution is -0.142. The molecule has 8 nitrogen and oxygen atoms in total. The van der Waals surface area contributed by atoms with Crippen LogP contribution in [-0.4, -0.2) is 44.8 Å². The first-order valence-electron chi connectivity index (χ1n) is 10.2. The number of rotatable bonds is 8. The lowest BCUT2D eigenvalue weighted by atomic mass is 10.0. The van der Waals surface area contributed by atoms with E-state index in [9.17, 15) is 19.5 Å². The Morgan fingerprint density at radius 1 is 1.31 bits per heavy atom. The number of carbonyl (C=O) groups excluding carboxylic acids is 2. The molecule has 1 aliphatic rings. The van der Waals surface area contributed by atoms with Crippen LogP contribution in [0.2, 0.25) is 0 Å². The molecule has 1 fully saturated rings. The van der Waals surface area contributed by atoms with Gasteiger partial charge in [-0.05, 0) is 31.4 Å². The number of aryl methyl sites for hydroxylation is 1. The van der Waals surface area contributed by atoms with E-state index in [2.05, 4.69) is 15.7 Å². The molecule has 1 saturated carbocycles. The summed E-state index contributed by atoms with van der Waals surface area (Å²) in [6, 6.07) is 4.22. The van der Waals surface area contributed by atoms with Crippen molar-refractivity contribution in [2.45, 2.75) is 57.5 Å². The zero-order chi connectivity index (χ0) is 21.0. The molecular formula is C21H28N4O4. The second-order valence-corrected chi connectivity index (χ2v) is 7.70. The summed E-state index contributed by atoms with van der Waals surface area (Å²) < 4.78 is 1.65. The van der Waals surface area contributed by atoms with Crippen LogP contribution in [0, 0.1) is 5.92 Å². The number of aliphatic carboxylic acids is 1. The highest BCUT2D eigenvalue weighted by Crippen LogP contribution is 2.26. The van der Waals surface area contributed by atoms with E-state index in [4.69, 9.17) is 0 Å². The standard InChI is InChI=1S/C21H28N4O4/c1-3-4-9-18(20(27)22-16-10-6-8-14(16)21(28)29)23-19(26)13-7-5-11-17-15(13)12-25(2)24-17/h5,7,11-12,14,16,18H,3-4,6,8-10H2,1-2H3,(H,22,27)(H,23,26)(H,28,29)/t14-,16+,18+/m1/s1. The second kappa shape index (κ2) is 9.07. The zero-order valence-corrected chi connectivity index (χ0v) is 16.9. The summed E-state index contributed by atoms with van der Waals surface area (Å²) in [6.07, 6.45) is 5.93. The molecule has 156 valence electrons. The molecule has 0 unspecified atom stereocenters. The lowest BCUT2D eigenvalue weighted by Crippen LogP contribution is -2.51. The maximum absolute atomic E-state index is 12.9. The van der Waals surface area contributed by atoms with Crippen molar-refractivity contribution < 1.29 is 19.5 Å². The number of hydrogen-bond donors (Lipinski definition) is 3. The van der Waals surface area contributed by atoms with Gasteiger partial charge in [0.15, 0.2) is 0 Å². The largest absolute Gasteiger partial charge is 0.481 e. The van der Waals surface area contributed by atoms with Crippen molar-refractivity contribution in [1.29, 1.82) is 0 Å². The van der Waals surface area contributed by atoms with Crippen LogP contribution in [0.4, 0.5) is 0 Å². The van der Waals surface area contributed by atoms with Gasteiger partial charge in [0.2, 0.25) is 5.91 Å². The summed E-state index contributed by atoms with van der Waals surface area (Å²) >= 11 is 0. The van der Waals surface area contributed by atoms with Gasteiger partial charge in [0.05, 0.1) is 17.0 Å². The van der Waals surface area contributed by atoms with E-state index in [1.807, 2.05) is 13.0 Å². The lowest BCUT2D eigenvalue weighted by Gasteiger charge is -2.23. The van der Waals surface area contributed by atoms with Crippen molar-refractivity contribution >= 4 is 28.7 Å². The fourth-order valence-corrected chi connectivity index (χ4v) is 3.98. The van der Waals surface area contributed by atoms with Crippen LogP contribution >= 0.6 is 0 Å². The van der Waals surface area contributed by atoms with Gasteiger partial charge in [-0.25, -0.2) is 0 Å². The van der Waals surface area contributed by atoms with Gasteiger partial charge < -0.3 is 15.7 Å². The third-order valence-electron chi connectivity index (χ3n) is 5.54. The number of fused-ring (bicyclic) bond motifs is 1. The van der Waals surface area contributed by atoms with Gasteiger partial charge in [-0.1, -0.05) is 32.3 Å². The van der Waals surface area contributed by atoms with Gasteiger partial charge in [-0.3, -0.25) is 19.1 Å². The Morgan fingerprint density at radius 3 is 2.83 bits per heavy atom. The predicted octanol–water partition coefficient (Wildman–Crippen LogP) is 2.23. The Hall–Kier alpha value is -2.90. The number of hydrogen-bond acceptors (Lipinski definition) is 4. The summed E-state index contributed by atoms with van der Waals surface area (Å²) in [4.78, 5) is 37.2. The molecule has 29 heavy (non-hydrogen) atoms. The first-order chi connectivity index (χ1) is 13.9. The van der Waals surface area contributed by atoms with Gasteiger partial charge in [0, 0.05) is 24.7 Å². The Labute approximate surface area is 169 Å². The van der Waals surface area contributed by atoms with E-state index >= 15 is 0 Å². The van der Waals surface area contributed by atoms with E-state index in [0.29, 0.717) is 30.3 Å². The summed E-state index contributed by atoms with van der Waals surface area (Å²) in [5, 5.41) is 20.1. The van der Waals surface area contributed by atoms with Crippen LogP contribution in [0.25, 0.3) is 10.9 Å². The van der Waals surface area contributed by atoms with Crippen molar-refractivity contribution in [2.75, 3.05) is 0 Å². The Balaban J connectivity index is 1.74. The van der Waals surface area contributed by atoms with Crippen molar-refractivity contribution in [2.24, 2.45) is 13.0 Å². The highest BCUT2D eigenvalue weighted by Gasteiger charge is 2.35. The van der Waals surface area contributed by atoms with Gasteiger partial charge in [-0.2, -0.15) is 5.10 Å². The second-order valence-electron chi connectivity index (χ2n) is 7.70. The SMILES string of the molecule is CCCC[C@H](NC(=O)c1cccc2nn(C)cc12)C(=O)N[C@H]1CCC[C@H]1C(=O)O. The number of carboxylic acids is 1. The van der Waals surface area contributed by atoms with E-state index in [1.54, 1.807) is 30.1 Å². The van der Waals surface area contributed by atoms with Crippen LogP contribution in [0.3, 0.4) is 0 Å². The maximum atomic E-state index is 12.9. The topological polar surface area (TPSA) is 113 Å². The van der Waals surface area contributed by atoms with Crippen molar-refractivity contribution in [3.8, 4) is 0 Å². The Morgan fingerprint density at radius 2 is 2.10 bits per heavy atom. The fraction of sp³-hybridized carbons (Fsp3) is 0.524.